The van der Waals surface area contributed by atoms with Gasteiger partial charge in [-0.2, -0.15) is 0 Å². The van der Waals surface area contributed by atoms with Crippen molar-refractivity contribution in [3.8, 4) is 5.75 Å². The summed E-state index contributed by atoms with van der Waals surface area (Å²) < 4.78 is 5.25. The molecule has 9 heteroatoms. The number of benzene rings is 2. The Morgan fingerprint density at radius 2 is 2.00 bits per heavy atom. The summed E-state index contributed by atoms with van der Waals surface area (Å²) in [4.78, 5) is 16.8. The summed E-state index contributed by atoms with van der Waals surface area (Å²) in [6.07, 6.45) is 1.55. The van der Waals surface area contributed by atoms with Gasteiger partial charge in [-0.1, -0.05) is 35.5 Å². The molecule has 2 aromatic carbocycles. The molecule has 3 aromatic rings. The molecule has 0 saturated carbocycles. The number of nitrogens with one attached hydrogen (secondary N) is 2. The molecule has 31 heavy (non-hydrogen) atoms. The quantitative estimate of drug-likeness (QED) is 0.375. The molecule has 0 aliphatic carbocycles. The average molecular weight is 474 g/mol. The maximum absolute atomic E-state index is 11.4. The Balaban J connectivity index is 1.75. The first kappa shape index (κ1) is 22.9. The van der Waals surface area contributed by atoms with E-state index in [9.17, 15) is 9.90 Å². The van der Waals surface area contributed by atoms with E-state index in [1.807, 2.05) is 42.5 Å². The van der Waals surface area contributed by atoms with Crippen LogP contribution in [-0.4, -0.2) is 28.3 Å². The number of hydrogen-bond donors (Lipinski definition) is 3. The lowest BCUT2D eigenvalue weighted by atomic mass is 10.0. The molecule has 0 aliphatic rings. The third-order valence-electron chi connectivity index (χ3n) is 4.23. The second-order valence-electron chi connectivity index (χ2n) is 6.44. The van der Waals surface area contributed by atoms with Crippen molar-refractivity contribution in [2.45, 2.75) is 22.4 Å². The first-order valence-corrected chi connectivity index (χ1v) is 10.9. The van der Waals surface area contributed by atoms with Crippen molar-refractivity contribution in [3.05, 3.63) is 77.4 Å². The van der Waals surface area contributed by atoms with Crippen LogP contribution in [0.5, 0.6) is 5.75 Å². The van der Waals surface area contributed by atoms with E-state index < -0.39 is 12.0 Å². The second kappa shape index (κ2) is 11.0. The Hall–Kier alpha value is -2.81. The summed E-state index contributed by atoms with van der Waals surface area (Å²) in [5, 5.41) is 17.2. The molecule has 1 unspecified atom stereocenters. The van der Waals surface area contributed by atoms with Gasteiger partial charge in [0.15, 0.2) is 5.11 Å². The molecule has 0 spiro atoms. The van der Waals surface area contributed by atoms with Gasteiger partial charge in [-0.25, -0.2) is 4.98 Å². The van der Waals surface area contributed by atoms with Crippen LogP contribution < -0.4 is 15.4 Å². The van der Waals surface area contributed by atoms with Crippen molar-refractivity contribution in [2.24, 2.45) is 0 Å². The lowest BCUT2D eigenvalue weighted by Gasteiger charge is -2.21. The Kier molecular flexibility index (Phi) is 8.11. The van der Waals surface area contributed by atoms with Crippen LogP contribution in [0.4, 0.5) is 5.69 Å². The summed E-state index contributed by atoms with van der Waals surface area (Å²) in [5.74, 6) is -0.300. The number of aliphatic carboxylic acids is 1. The molecule has 0 radical (unpaired) electrons. The van der Waals surface area contributed by atoms with E-state index in [4.69, 9.17) is 28.6 Å². The molecule has 1 aromatic heterocycles. The van der Waals surface area contributed by atoms with Gasteiger partial charge in [0, 0.05) is 16.1 Å². The van der Waals surface area contributed by atoms with E-state index >= 15 is 0 Å². The third kappa shape index (κ3) is 6.85. The van der Waals surface area contributed by atoms with E-state index in [1.165, 1.54) is 11.8 Å². The van der Waals surface area contributed by atoms with E-state index in [0.717, 1.165) is 15.5 Å². The SMILES string of the molecule is COc1cccc(C(CC(=O)O)NC(=S)Nc2cccnc2Sc2ccc(Cl)cc2)c1. The maximum atomic E-state index is 11.4. The number of carboxylic acid groups (broad SMARTS) is 1. The largest absolute Gasteiger partial charge is 0.497 e. The minimum atomic E-state index is -0.941. The molecule has 1 atom stereocenters. The number of thiocarbonyl (C=S) groups is 1. The first-order valence-electron chi connectivity index (χ1n) is 9.26. The Morgan fingerprint density at radius 1 is 1.23 bits per heavy atom. The zero-order valence-corrected chi connectivity index (χ0v) is 18.9. The van der Waals surface area contributed by atoms with Gasteiger partial charge in [0.05, 0.1) is 25.3 Å². The van der Waals surface area contributed by atoms with Crippen LogP contribution in [-0.2, 0) is 4.79 Å². The Labute approximate surface area is 195 Å². The highest BCUT2D eigenvalue weighted by Gasteiger charge is 2.18. The molecule has 160 valence electrons. The zero-order chi connectivity index (χ0) is 22.2. The van der Waals surface area contributed by atoms with Crippen molar-refractivity contribution in [1.29, 1.82) is 0 Å². The van der Waals surface area contributed by atoms with Crippen LogP contribution in [0.15, 0.2) is 76.8 Å². The van der Waals surface area contributed by atoms with Gasteiger partial charge in [-0.05, 0) is 66.3 Å². The number of halogens is 1. The highest BCUT2D eigenvalue weighted by molar-refractivity contribution is 7.99. The number of carbonyl (C=O) groups is 1. The van der Waals surface area contributed by atoms with Gasteiger partial charge >= 0.3 is 5.97 Å². The molecule has 0 amide bonds. The minimum absolute atomic E-state index is 0.144. The molecular weight excluding hydrogens is 454 g/mol. The number of nitrogens with zero attached hydrogens (tertiary/aromatic N) is 1. The van der Waals surface area contributed by atoms with E-state index in [1.54, 1.807) is 31.5 Å². The number of pyridine rings is 1. The molecule has 6 nitrogen and oxygen atoms in total. The summed E-state index contributed by atoms with van der Waals surface area (Å²) >= 11 is 12.9. The normalized spacial score (nSPS) is 11.4. The Morgan fingerprint density at radius 3 is 2.71 bits per heavy atom. The average Bonchev–Trinajstić information content (AvgIpc) is 2.76. The van der Waals surface area contributed by atoms with Crippen LogP contribution in [0, 0.1) is 0 Å². The fourth-order valence-corrected chi connectivity index (χ4v) is 4.00. The smallest absolute Gasteiger partial charge is 0.305 e. The van der Waals surface area contributed by atoms with Gasteiger partial charge in [0.2, 0.25) is 0 Å². The van der Waals surface area contributed by atoms with Gasteiger partial charge in [0.1, 0.15) is 10.8 Å². The van der Waals surface area contributed by atoms with Gasteiger partial charge in [-0.3, -0.25) is 4.79 Å². The van der Waals surface area contributed by atoms with Crippen LogP contribution in [0.1, 0.15) is 18.0 Å². The number of hydrogen-bond acceptors (Lipinski definition) is 5. The fourth-order valence-electron chi connectivity index (χ4n) is 2.78. The topological polar surface area (TPSA) is 83.5 Å². The zero-order valence-electron chi connectivity index (χ0n) is 16.5. The Bertz CT molecular complexity index is 1060. The predicted octanol–water partition coefficient (Wildman–Crippen LogP) is 5.40. The second-order valence-corrected chi connectivity index (χ2v) is 8.34. The van der Waals surface area contributed by atoms with Crippen molar-refractivity contribution in [1.82, 2.24) is 10.3 Å². The number of ether oxygens (including phenoxy) is 1. The fraction of sp³-hybridized carbons (Fsp3) is 0.136. The molecule has 0 aliphatic heterocycles. The molecule has 1 heterocycles. The van der Waals surface area contributed by atoms with Crippen LogP contribution >= 0.6 is 35.6 Å². The van der Waals surface area contributed by atoms with Crippen molar-refractivity contribution >= 4 is 52.3 Å². The minimum Gasteiger partial charge on any atom is -0.497 e. The summed E-state index contributed by atoms with van der Waals surface area (Å²) in [6.45, 7) is 0. The van der Waals surface area contributed by atoms with Crippen molar-refractivity contribution in [2.75, 3.05) is 12.4 Å². The summed E-state index contributed by atoms with van der Waals surface area (Å²) in [7, 11) is 1.56. The third-order valence-corrected chi connectivity index (χ3v) is 5.73. The number of rotatable bonds is 8. The van der Waals surface area contributed by atoms with E-state index in [2.05, 4.69) is 15.6 Å². The number of carboxylic acids is 1. The lowest BCUT2D eigenvalue weighted by molar-refractivity contribution is -0.137. The number of methoxy groups -OCH3 is 1. The molecule has 3 rings (SSSR count). The summed E-state index contributed by atoms with van der Waals surface area (Å²) in [6, 6.07) is 17.8. The predicted molar refractivity (Wildman–Crippen MR) is 127 cm³/mol. The molecule has 0 saturated heterocycles. The van der Waals surface area contributed by atoms with E-state index in [0.29, 0.717) is 21.6 Å². The molecule has 3 N–H and O–H groups in total. The monoisotopic (exact) mass is 473 g/mol. The molecule has 0 bridgehead atoms. The standard InChI is InChI=1S/C22H20ClN3O3S2/c1-29-16-5-2-4-14(12-16)19(13-20(27)28)26-22(30)25-18-6-3-11-24-21(18)31-17-9-7-15(23)8-10-17/h2-12,19H,13H2,1H3,(H,27,28)(H2,25,26,30). The van der Waals surface area contributed by atoms with Crippen LogP contribution in [0.25, 0.3) is 0 Å². The maximum Gasteiger partial charge on any atom is 0.305 e. The van der Waals surface area contributed by atoms with Gasteiger partial charge in [0.25, 0.3) is 0 Å². The molecular formula is C22H20ClN3O3S2. The van der Waals surface area contributed by atoms with Crippen molar-refractivity contribution in [3.63, 3.8) is 0 Å². The van der Waals surface area contributed by atoms with Gasteiger partial charge in [-0.15, -0.1) is 0 Å². The number of aromatic nitrogens is 1. The highest BCUT2D eigenvalue weighted by atomic mass is 35.5. The van der Waals surface area contributed by atoms with Crippen LogP contribution in [0.2, 0.25) is 5.02 Å². The molecule has 0 fully saturated rings. The summed E-state index contributed by atoms with van der Waals surface area (Å²) in [5.41, 5.74) is 1.47. The lowest BCUT2D eigenvalue weighted by Crippen LogP contribution is -2.33. The highest BCUT2D eigenvalue weighted by Crippen LogP contribution is 2.32. The van der Waals surface area contributed by atoms with Crippen LogP contribution in [0.3, 0.4) is 0 Å². The van der Waals surface area contributed by atoms with E-state index in [-0.39, 0.29) is 6.42 Å². The van der Waals surface area contributed by atoms with Crippen molar-refractivity contribution < 1.29 is 14.6 Å². The number of anilines is 1. The van der Waals surface area contributed by atoms with Gasteiger partial charge < -0.3 is 20.5 Å². The first-order chi connectivity index (χ1) is 14.9.